The summed E-state index contributed by atoms with van der Waals surface area (Å²) in [5.41, 5.74) is 5.52. The molecule has 1 rings (SSSR count). The maximum Gasteiger partial charge on any atom is 0.304 e. The Kier molecular flexibility index (Phi) is 3.46. The lowest BCUT2D eigenvalue weighted by Crippen LogP contribution is -2.47. The number of hydrogen-bond acceptors (Lipinski definition) is 4. The Morgan fingerprint density at radius 1 is 1.75 bits per heavy atom. The van der Waals surface area contributed by atoms with Crippen molar-refractivity contribution in [1.29, 1.82) is 0 Å². The molecular formula is C7H14N2O3. The molecule has 0 saturated carbocycles. The lowest BCUT2D eigenvalue weighted by molar-refractivity contribution is -0.137. The van der Waals surface area contributed by atoms with E-state index in [4.69, 9.17) is 15.6 Å². The molecule has 1 unspecified atom stereocenters. The molecule has 0 spiro atoms. The van der Waals surface area contributed by atoms with Crippen molar-refractivity contribution in [3.8, 4) is 0 Å². The highest BCUT2D eigenvalue weighted by molar-refractivity contribution is 5.66. The van der Waals surface area contributed by atoms with E-state index in [1.807, 2.05) is 4.90 Å². The van der Waals surface area contributed by atoms with Gasteiger partial charge in [0.1, 0.15) is 6.23 Å². The molecule has 1 fully saturated rings. The van der Waals surface area contributed by atoms with Gasteiger partial charge in [-0.2, -0.15) is 0 Å². The second-order valence-corrected chi connectivity index (χ2v) is 2.85. The first-order valence-corrected chi connectivity index (χ1v) is 4.00. The molecule has 1 heterocycles. The summed E-state index contributed by atoms with van der Waals surface area (Å²) in [5.74, 6) is -0.768. The molecule has 3 N–H and O–H groups in total. The molecule has 5 nitrogen and oxygen atoms in total. The Labute approximate surface area is 71.1 Å². The average molecular weight is 174 g/mol. The molecule has 0 aliphatic carbocycles. The molecule has 0 amide bonds. The number of carboxylic acid groups (broad SMARTS) is 1. The molecule has 0 radical (unpaired) electrons. The predicted molar refractivity (Wildman–Crippen MR) is 42.6 cm³/mol. The Balaban J connectivity index is 2.18. The van der Waals surface area contributed by atoms with Crippen LogP contribution in [0.25, 0.3) is 0 Å². The molecule has 0 bridgehead atoms. The van der Waals surface area contributed by atoms with E-state index in [1.165, 1.54) is 0 Å². The fourth-order valence-electron chi connectivity index (χ4n) is 1.19. The van der Waals surface area contributed by atoms with Crippen molar-refractivity contribution in [3.05, 3.63) is 0 Å². The topological polar surface area (TPSA) is 75.8 Å². The Hall–Kier alpha value is -0.650. The van der Waals surface area contributed by atoms with Crippen LogP contribution >= 0.6 is 0 Å². The number of aliphatic carboxylic acids is 1. The van der Waals surface area contributed by atoms with E-state index < -0.39 is 5.97 Å². The van der Waals surface area contributed by atoms with Crippen LogP contribution in [0.5, 0.6) is 0 Å². The number of rotatable bonds is 3. The van der Waals surface area contributed by atoms with Crippen molar-refractivity contribution in [1.82, 2.24) is 4.90 Å². The van der Waals surface area contributed by atoms with Crippen molar-refractivity contribution in [2.24, 2.45) is 5.73 Å². The second kappa shape index (κ2) is 4.39. The minimum Gasteiger partial charge on any atom is -0.481 e. The molecule has 0 aromatic rings. The number of carboxylic acids is 1. The zero-order valence-corrected chi connectivity index (χ0v) is 6.90. The molecule has 0 aromatic heterocycles. The Morgan fingerprint density at radius 2 is 2.50 bits per heavy atom. The highest BCUT2D eigenvalue weighted by Crippen LogP contribution is 2.01. The second-order valence-electron chi connectivity index (χ2n) is 2.85. The van der Waals surface area contributed by atoms with Crippen LogP contribution < -0.4 is 5.73 Å². The van der Waals surface area contributed by atoms with Gasteiger partial charge in [-0.3, -0.25) is 9.69 Å². The maximum absolute atomic E-state index is 10.2. The van der Waals surface area contributed by atoms with Gasteiger partial charge in [-0.1, -0.05) is 0 Å². The standard InChI is InChI=1S/C7H14N2O3/c8-6-5-9(3-4-12-6)2-1-7(10)11/h6H,1-5,8H2,(H,10,11). The van der Waals surface area contributed by atoms with Gasteiger partial charge in [0.15, 0.2) is 0 Å². The van der Waals surface area contributed by atoms with Crippen molar-refractivity contribution >= 4 is 5.97 Å². The molecule has 1 saturated heterocycles. The van der Waals surface area contributed by atoms with Crippen molar-refractivity contribution in [3.63, 3.8) is 0 Å². The van der Waals surface area contributed by atoms with Gasteiger partial charge < -0.3 is 15.6 Å². The minimum absolute atomic E-state index is 0.173. The summed E-state index contributed by atoms with van der Waals surface area (Å²) in [7, 11) is 0. The number of hydrogen-bond donors (Lipinski definition) is 2. The van der Waals surface area contributed by atoms with Gasteiger partial charge >= 0.3 is 5.97 Å². The molecular weight excluding hydrogens is 160 g/mol. The molecule has 0 aromatic carbocycles. The summed E-state index contributed by atoms with van der Waals surface area (Å²) in [5, 5.41) is 8.42. The lowest BCUT2D eigenvalue weighted by Gasteiger charge is -2.30. The van der Waals surface area contributed by atoms with E-state index in [0.29, 0.717) is 19.7 Å². The first-order valence-electron chi connectivity index (χ1n) is 4.00. The van der Waals surface area contributed by atoms with E-state index >= 15 is 0 Å². The third kappa shape index (κ3) is 3.17. The van der Waals surface area contributed by atoms with E-state index in [0.717, 1.165) is 6.54 Å². The number of ether oxygens (including phenoxy) is 1. The average Bonchev–Trinajstić information content (AvgIpc) is 2.01. The zero-order valence-electron chi connectivity index (χ0n) is 6.90. The normalized spacial score (nSPS) is 25.6. The van der Waals surface area contributed by atoms with Crippen molar-refractivity contribution in [2.45, 2.75) is 12.6 Å². The van der Waals surface area contributed by atoms with Crippen LogP contribution in [0.3, 0.4) is 0 Å². The van der Waals surface area contributed by atoms with Gasteiger partial charge in [0.25, 0.3) is 0 Å². The van der Waals surface area contributed by atoms with Gasteiger partial charge in [-0.05, 0) is 0 Å². The summed E-state index contributed by atoms with van der Waals surface area (Å²) in [6, 6.07) is 0. The first-order chi connectivity index (χ1) is 5.68. The maximum atomic E-state index is 10.2. The number of nitrogens with two attached hydrogens (primary N) is 1. The van der Waals surface area contributed by atoms with E-state index in [9.17, 15) is 4.79 Å². The summed E-state index contributed by atoms with van der Waals surface area (Å²) in [6.45, 7) is 2.57. The largest absolute Gasteiger partial charge is 0.481 e. The lowest BCUT2D eigenvalue weighted by atomic mass is 10.3. The Bertz CT molecular complexity index is 163. The van der Waals surface area contributed by atoms with Crippen LogP contribution in [0, 0.1) is 0 Å². The van der Waals surface area contributed by atoms with Gasteiger partial charge in [-0.15, -0.1) is 0 Å². The van der Waals surface area contributed by atoms with Gasteiger partial charge in [-0.25, -0.2) is 0 Å². The summed E-state index contributed by atoms with van der Waals surface area (Å²) in [6.07, 6.45) is -0.0836. The molecule has 70 valence electrons. The molecule has 12 heavy (non-hydrogen) atoms. The van der Waals surface area contributed by atoms with Crippen molar-refractivity contribution in [2.75, 3.05) is 26.2 Å². The van der Waals surface area contributed by atoms with Gasteiger partial charge in [0.2, 0.25) is 0 Å². The number of nitrogens with zero attached hydrogens (tertiary/aromatic N) is 1. The van der Waals surface area contributed by atoms with Crippen LogP contribution in [0.15, 0.2) is 0 Å². The third-order valence-corrected chi connectivity index (χ3v) is 1.82. The van der Waals surface area contributed by atoms with Gasteiger partial charge in [0.05, 0.1) is 13.0 Å². The van der Waals surface area contributed by atoms with Crippen LogP contribution in [0.4, 0.5) is 0 Å². The smallest absolute Gasteiger partial charge is 0.304 e. The highest BCUT2D eigenvalue weighted by atomic mass is 16.5. The summed E-state index contributed by atoms with van der Waals surface area (Å²) >= 11 is 0. The summed E-state index contributed by atoms with van der Waals surface area (Å²) in [4.78, 5) is 12.2. The molecule has 5 heteroatoms. The van der Waals surface area contributed by atoms with E-state index in [2.05, 4.69) is 0 Å². The van der Waals surface area contributed by atoms with Crippen LogP contribution in [0.2, 0.25) is 0 Å². The number of carbonyl (C=O) groups is 1. The third-order valence-electron chi connectivity index (χ3n) is 1.82. The molecule has 1 aliphatic heterocycles. The predicted octanol–water partition coefficient (Wildman–Crippen LogP) is -0.922. The minimum atomic E-state index is -0.768. The monoisotopic (exact) mass is 174 g/mol. The SMILES string of the molecule is NC1CN(CCC(=O)O)CCO1. The van der Waals surface area contributed by atoms with Crippen LogP contribution in [-0.4, -0.2) is 48.4 Å². The first kappa shape index (κ1) is 9.44. The van der Waals surface area contributed by atoms with E-state index in [1.54, 1.807) is 0 Å². The van der Waals surface area contributed by atoms with Crippen molar-refractivity contribution < 1.29 is 14.6 Å². The zero-order chi connectivity index (χ0) is 8.97. The summed E-state index contributed by atoms with van der Waals surface area (Å²) < 4.78 is 5.10. The van der Waals surface area contributed by atoms with Crippen LogP contribution in [0.1, 0.15) is 6.42 Å². The molecule has 1 aliphatic rings. The fraction of sp³-hybridized carbons (Fsp3) is 0.857. The van der Waals surface area contributed by atoms with E-state index in [-0.39, 0.29) is 12.6 Å². The quantitative estimate of drug-likeness (QED) is 0.578. The van der Waals surface area contributed by atoms with Crippen LogP contribution in [-0.2, 0) is 9.53 Å². The Morgan fingerprint density at radius 3 is 3.08 bits per heavy atom. The fourth-order valence-corrected chi connectivity index (χ4v) is 1.19. The van der Waals surface area contributed by atoms with Gasteiger partial charge in [0, 0.05) is 19.6 Å². The molecule has 1 atom stereocenters. The number of morpholine rings is 1. The highest BCUT2D eigenvalue weighted by Gasteiger charge is 2.16.